The lowest BCUT2D eigenvalue weighted by Crippen LogP contribution is -2.23. The molecule has 0 saturated heterocycles. The van der Waals surface area contributed by atoms with E-state index in [1.165, 1.54) is 24.2 Å². The van der Waals surface area contributed by atoms with Crippen LogP contribution in [0.3, 0.4) is 0 Å². The molecule has 1 aliphatic rings. The van der Waals surface area contributed by atoms with Crippen molar-refractivity contribution >= 4 is 22.2 Å². The maximum Gasteiger partial charge on any atom is 0.256 e. The number of hydrogen-bond donors (Lipinski definition) is 1. The number of rotatable bonds is 2. The Morgan fingerprint density at radius 3 is 2.71 bits per heavy atom. The average Bonchev–Trinajstić information content (AvgIpc) is 2.89. The molecule has 1 aromatic heterocycles. The lowest BCUT2D eigenvalue weighted by atomic mass is 10.1. The first kappa shape index (κ1) is 9.52. The van der Waals surface area contributed by atoms with Gasteiger partial charge in [-0.2, -0.15) is 0 Å². The molecule has 0 unspecified atom stereocenters. The van der Waals surface area contributed by atoms with Crippen LogP contribution in [0.4, 0.5) is 5.00 Å². The zero-order valence-corrected chi connectivity index (χ0v) is 9.23. The summed E-state index contributed by atoms with van der Waals surface area (Å²) < 4.78 is 0. The summed E-state index contributed by atoms with van der Waals surface area (Å²) in [5.74, 6) is 0.619. The molecular formula is C10H14N2OS. The Kier molecular flexibility index (Phi) is 2.23. The van der Waals surface area contributed by atoms with Crippen LogP contribution in [0.5, 0.6) is 0 Å². The van der Waals surface area contributed by atoms with Crippen molar-refractivity contribution in [1.29, 1.82) is 0 Å². The topological polar surface area (TPSA) is 46.3 Å². The van der Waals surface area contributed by atoms with Crippen molar-refractivity contribution in [3.8, 4) is 0 Å². The van der Waals surface area contributed by atoms with Gasteiger partial charge in [-0.25, -0.2) is 0 Å². The van der Waals surface area contributed by atoms with Gasteiger partial charge in [0.1, 0.15) is 0 Å². The van der Waals surface area contributed by atoms with Gasteiger partial charge in [0, 0.05) is 14.1 Å². The molecule has 0 spiro atoms. The van der Waals surface area contributed by atoms with Crippen LogP contribution in [-0.4, -0.2) is 24.9 Å². The smallest absolute Gasteiger partial charge is 0.256 e. The van der Waals surface area contributed by atoms with E-state index < -0.39 is 0 Å². The van der Waals surface area contributed by atoms with Crippen molar-refractivity contribution in [2.24, 2.45) is 0 Å². The first-order chi connectivity index (χ1) is 6.61. The van der Waals surface area contributed by atoms with Gasteiger partial charge in [-0.05, 0) is 29.7 Å². The zero-order valence-electron chi connectivity index (χ0n) is 8.41. The fourth-order valence-corrected chi connectivity index (χ4v) is 2.42. The van der Waals surface area contributed by atoms with E-state index >= 15 is 0 Å². The first-order valence-electron chi connectivity index (χ1n) is 4.69. The summed E-state index contributed by atoms with van der Waals surface area (Å²) in [6.07, 6.45) is 2.40. The number of nitrogens with two attached hydrogens (primary N) is 1. The van der Waals surface area contributed by atoms with Gasteiger partial charge in [0.25, 0.3) is 5.91 Å². The molecular weight excluding hydrogens is 196 g/mol. The van der Waals surface area contributed by atoms with Crippen LogP contribution in [-0.2, 0) is 0 Å². The summed E-state index contributed by atoms with van der Waals surface area (Å²) in [7, 11) is 3.52. The second kappa shape index (κ2) is 3.28. The van der Waals surface area contributed by atoms with E-state index in [1.807, 2.05) is 5.38 Å². The number of hydrogen-bond acceptors (Lipinski definition) is 3. The highest BCUT2D eigenvalue weighted by Crippen LogP contribution is 2.45. The Labute approximate surface area is 87.5 Å². The number of thiophene rings is 1. The van der Waals surface area contributed by atoms with Gasteiger partial charge in [0.05, 0.1) is 10.6 Å². The maximum atomic E-state index is 11.8. The molecule has 14 heavy (non-hydrogen) atoms. The SMILES string of the molecule is CN(C)C(=O)c1c(C2CC2)csc1N. The zero-order chi connectivity index (χ0) is 10.3. The van der Waals surface area contributed by atoms with Crippen LogP contribution >= 0.6 is 11.3 Å². The summed E-state index contributed by atoms with van der Waals surface area (Å²) in [6, 6.07) is 0. The molecule has 1 fully saturated rings. The number of carbonyl (C=O) groups excluding carboxylic acids is 1. The second-order valence-corrected chi connectivity index (χ2v) is 4.82. The Morgan fingerprint density at radius 1 is 1.57 bits per heavy atom. The summed E-state index contributed by atoms with van der Waals surface area (Å²) in [5, 5.41) is 2.69. The van der Waals surface area contributed by atoms with Crippen molar-refractivity contribution in [3.05, 3.63) is 16.5 Å². The van der Waals surface area contributed by atoms with Crippen LogP contribution in [0.25, 0.3) is 0 Å². The molecule has 1 heterocycles. The predicted molar refractivity (Wildman–Crippen MR) is 58.7 cm³/mol. The fourth-order valence-electron chi connectivity index (χ4n) is 1.53. The number of anilines is 1. The van der Waals surface area contributed by atoms with E-state index in [1.54, 1.807) is 19.0 Å². The highest BCUT2D eigenvalue weighted by atomic mass is 32.1. The van der Waals surface area contributed by atoms with Gasteiger partial charge in [0.2, 0.25) is 0 Å². The summed E-state index contributed by atoms with van der Waals surface area (Å²) in [6.45, 7) is 0. The minimum atomic E-state index is 0.0330. The molecule has 0 radical (unpaired) electrons. The molecule has 1 aliphatic carbocycles. The number of nitrogens with zero attached hydrogens (tertiary/aromatic N) is 1. The Balaban J connectivity index is 2.38. The Morgan fingerprint density at radius 2 is 2.21 bits per heavy atom. The number of carbonyl (C=O) groups is 1. The van der Waals surface area contributed by atoms with Crippen LogP contribution in [0.1, 0.15) is 34.7 Å². The van der Waals surface area contributed by atoms with Gasteiger partial charge in [-0.1, -0.05) is 0 Å². The molecule has 76 valence electrons. The minimum absolute atomic E-state index is 0.0330. The minimum Gasteiger partial charge on any atom is -0.390 e. The molecule has 0 aliphatic heterocycles. The van der Waals surface area contributed by atoms with E-state index in [0.717, 1.165) is 11.1 Å². The van der Waals surface area contributed by atoms with E-state index in [4.69, 9.17) is 5.73 Å². The third-order valence-electron chi connectivity index (χ3n) is 2.49. The highest BCUT2D eigenvalue weighted by molar-refractivity contribution is 7.14. The standard InChI is InChI=1S/C10H14N2OS/c1-12(2)10(13)8-7(6-3-4-6)5-14-9(8)11/h5-6H,3-4,11H2,1-2H3. The molecule has 0 aromatic carbocycles. The van der Waals surface area contributed by atoms with E-state index in [9.17, 15) is 4.79 Å². The Bertz CT molecular complexity index is 366. The lowest BCUT2D eigenvalue weighted by Gasteiger charge is -2.11. The fraction of sp³-hybridized carbons (Fsp3) is 0.500. The van der Waals surface area contributed by atoms with E-state index in [2.05, 4.69) is 0 Å². The molecule has 1 amide bonds. The normalized spacial score (nSPS) is 15.6. The van der Waals surface area contributed by atoms with E-state index in [0.29, 0.717) is 10.9 Å². The summed E-state index contributed by atoms with van der Waals surface area (Å²) >= 11 is 1.48. The third kappa shape index (κ3) is 1.50. The van der Waals surface area contributed by atoms with Crippen molar-refractivity contribution < 1.29 is 4.79 Å². The molecule has 1 aromatic rings. The average molecular weight is 210 g/mol. The quantitative estimate of drug-likeness (QED) is 0.810. The Hall–Kier alpha value is -1.03. The lowest BCUT2D eigenvalue weighted by molar-refractivity contribution is 0.0828. The summed E-state index contributed by atoms with van der Waals surface area (Å²) in [5.41, 5.74) is 7.71. The van der Waals surface area contributed by atoms with Crippen LogP contribution < -0.4 is 5.73 Å². The van der Waals surface area contributed by atoms with Gasteiger partial charge in [-0.3, -0.25) is 4.79 Å². The predicted octanol–water partition coefficient (Wildman–Crippen LogP) is 1.91. The number of amides is 1. The van der Waals surface area contributed by atoms with Crippen molar-refractivity contribution in [3.63, 3.8) is 0 Å². The monoisotopic (exact) mass is 210 g/mol. The third-order valence-corrected chi connectivity index (χ3v) is 3.32. The second-order valence-electron chi connectivity index (χ2n) is 3.90. The molecule has 0 bridgehead atoms. The van der Waals surface area contributed by atoms with Gasteiger partial charge in [0.15, 0.2) is 0 Å². The first-order valence-corrected chi connectivity index (χ1v) is 5.57. The largest absolute Gasteiger partial charge is 0.390 e. The molecule has 1 saturated carbocycles. The van der Waals surface area contributed by atoms with Gasteiger partial charge >= 0.3 is 0 Å². The molecule has 3 nitrogen and oxygen atoms in total. The van der Waals surface area contributed by atoms with Gasteiger partial charge < -0.3 is 10.6 Å². The van der Waals surface area contributed by atoms with Crippen molar-refractivity contribution in [2.45, 2.75) is 18.8 Å². The molecule has 4 heteroatoms. The molecule has 0 atom stereocenters. The van der Waals surface area contributed by atoms with Crippen LogP contribution in [0.15, 0.2) is 5.38 Å². The molecule has 2 N–H and O–H groups in total. The maximum absolute atomic E-state index is 11.8. The molecule has 2 rings (SSSR count). The summed E-state index contributed by atoms with van der Waals surface area (Å²) in [4.78, 5) is 13.4. The van der Waals surface area contributed by atoms with Crippen molar-refractivity contribution in [1.82, 2.24) is 4.90 Å². The van der Waals surface area contributed by atoms with Crippen LogP contribution in [0, 0.1) is 0 Å². The van der Waals surface area contributed by atoms with Crippen molar-refractivity contribution in [2.75, 3.05) is 19.8 Å². The number of nitrogen functional groups attached to an aromatic ring is 1. The highest BCUT2D eigenvalue weighted by Gasteiger charge is 2.31. The van der Waals surface area contributed by atoms with Gasteiger partial charge in [-0.15, -0.1) is 11.3 Å². The van der Waals surface area contributed by atoms with Crippen LogP contribution in [0.2, 0.25) is 0 Å². The van der Waals surface area contributed by atoms with E-state index in [-0.39, 0.29) is 5.91 Å².